The molecule has 5 heteroatoms. The van der Waals surface area contributed by atoms with Crippen LogP contribution in [0.1, 0.15) is 28.8 Å². The number of thiocarbonyl (C=S) groups is 1. The molecule has 0 saturated carbocycles. The Labute approximate surface area is 147 Å². The summed E-state index contributed by atoms with van der Waals surface area (Å²) in [6.07, 6.45) is 2.20. The molecule has 124 valence electrons. The van der Waals surface area contributed by atoms with Gasteiger partial charge in [-0.3, -0.25) is 4.79 Å². The van der Waals surface area contributed by atoms with Gasteiger partial charge in [-0.25, -0.2) is 0 Å². The monoisotopic (exact) mass is 339 g/mol. The summed E-state index contributed by atoms with van der Waals surface area (Å²) in [5.74, 6) is 0.111. The number of nitrogens with one attached hydrogen (secondary N) is 2. The Kier molecular flexibility index (Phi) is 5.11. The molecule has 24 heavy (non-hydrogen) atoms. The largest absolute Gasteiger partial charge is 0.339 e. The van der Waals surface area contributed by atoms with E-state index in [2.05, 4.69) is 10.6 Å². The average Bonchev–Trinajstić information content (AvgIpc) is 3.11. The Bertz CT molecular complexity index is 737. The van der Waals surface area contributed by atoms with Gasteiger partial charge < -0.3 is 15.5 Å². The second-order valence-electron chi connectivity index (χ2n) is 5.97. The summed E-state index contributed by atoms with van der Waals surface area (Å²) in [6, 6.07) is 15.4. The molecule has 1 saturated heterocycles. The normalized spacial score (nSPS) is 13.6. The quantitative estimate of drug-likeness (QED) is 0.829. The first kappa shape index (κ1) is 16.5. The minimum atomic E-state index is 0.111. The molecular weight excluding hydrogens is 318 g/mol. The van der Waals surface area contributed by atoms with Crippen LogP contribution in [0.2, 0.25) is 0 Å². The summed E-state index contributed by atoms with van der Waals surface area (Å²) >= 11 is 5.35. The van der Waals surface area contributed by atoms with Gasteiger partial charge >= 0.3 is 0 Å². The molecule has 2 aromatic rings. The third-order valence-corrected chi connectivity index (χ3v) is 4.38. The Balaban J connectivity index is 1.60. The van der Waals surface area contributed by atoms with Gasteiger partial charge in [-0.05, 0) is 67.9 Å². The molecule has 3 rings (SSSR count). The van der Waals surface area contributed by atoms with Gasteiger partial charge in [-0.1, -0.05) is 18.2 Å². The molecule has 2 N–H and O–H groups in total. The molecule has 0 atom stereocenters. The summed E-state index contributed by atoms with van der Waals surface area (Å²) in [5.41, 5.74) is 3.70. The Morgan fingerprint density at radius 1 is 1.00 bits per heavy atom. The molecule has 1 heterocycles. The molecule has 1 aliphatic heterocycles. The highest BCUT2D eigenvalue weighted by Gasteiger charge is 2.19. The van der Waals surface area contributed by atoms with Crippen molar-refractivity contribution < 1.29 is 4.79 Å². The molecule has 1 aliphatic rings. The zero-order chi connectivity index (χ0) is 16.9. The molecule has 0 radical (unpaired) electrons. The van der Waals surface area contributed by atoms with Crippen LogP contribution in [0.25, 0.3) is 0 Å². The van der Waals surface area contributed by atoms with Crippen molar-refractivity contribution in [2.24, 2.45) is 0 Å². The second kappa shape index (κ2) is 7.45. The van der Waals surface area contributed by atoms with Crippen LogP contribution in [-0.2, 0) is 0 Å². The maximum atomic E-state index is 12.3. The standard InChI is InChI=1S/C19H21N3OS/c1-14-6-2-3-7-17(14)21-19(24)20-16-10-8-15(9-11-16)18(23)22-12-4-5-13-22/h2-3,6-11H,4-5,12-13H2,1H3,(H2,20,21,24). The van der Waals surface area contributed by atoms with Crippen LogP contribution in [0, 0.1) is 6.92 Å². The van der Waals surface area contributed by atoms with Crippen LogP contribution < -0.4 is 10.6 Å². The van der Waals surface area contributed by atoms with Crippen molar-refractivity contribution in [1.29, 1.82) is 0 Å². The first-order chi connectivity index (χ1) is 11.6. The van der Waals surface area contributed by atoms with Crippen LogP contribution in [0.4, 0.5) is 11.4 Å². The van der Waals surface area contributed by atoms with Gasteiger partial charge in [0.1, 0.15) is 0 Å². The van der Waals surface area contributed by atoms with E-state index in [0.717, 1.165) is 48.4 Å². The number of amides is 1. The van der Waals surface area contributed by atoms with E-state index in [4.69, 9.17) is 12.2 Å². The minimum Gasteiger partial charge on any atom is -0.339 e. The lowest BCUT2D eigenvalue weighted by atomic mass is 10.2. The fourth-order valence-corrected chi connectivity index (χ4v) is 3.02. The van der Waals surface area contributed by atoms with E-state index in [9.17, 15) is 4.79 Å². The Morgan fingerprint density at radius 3 is 2.33 bits per heavy atom. The van der Waals surface area contributed by atoms with Gasteiger partial charge in [-0.15, -0.1) is 0 Å². The average molecular weight is 339 g/mol. The third kappa shape index (κ3) is 3.92. The van der Waals surface area contributed by atoms with Crippen molar-refractivity contribution in [3.8, 4) is 0 Å². The van der Waals surface area contributed by atoms with Crippen molar-refractivity contribution >= 4 is 34.6 Å². The van der Waals surface area contributed by atoms with Crippen molar-refractivity contribution in [2.45, 2.75) is 19.8 Å². The summed E-state index contributed by atoms with van der Waals surface area (Å²) < 4.78 is 0. The molecule has 1 amide bonds. The molecule has 0 aromatic heterocycles. The molecule has 4 nitrogen and oxygen atoms in total. The van der Waals surface area contributed by atoms with Crippen LogP contribution >= 0.6 is 12.2 Å². The highest BCUT2D eigenvalue weighted by atomic mass is 32.1. The van der Waals surface area contributed by atoms with E-state index >= 15 is 0 Å². The fraction of sp³-hybridized carbons (Fsp3) is 0.263. The van der Waals surface area contributed by atoms with E-state index in [0.29, 0.717) is 5.11 Å². The van der Waals surface area contributed by atoms with Gasteiger partial charge in [0, 0.05) is 30.0 Å². The summed E-state index contributed by atoms with van der Waals surface area (Å²) in [7, 11) is 0. The van der Waals surface area contributed by atoms with Crippen LogP contribution in [-0.4, -0.2) is 29.0 Å². The van der Waals surface area contributed by atoms with Crippen LogP contribution in [0.5, 0.6) is 0 Å². The predicted molar refractivity (Wildman–Crippen MR) is 103 cm³/mol. The van der Waals surface area contributed by atoms with E-state index < -0.39 is 0 Å². The number of anilines is 2. The number of benzene rings is 2. The molecule has 1 fully saturated rings. The number of carbonyl (C=O) groups excluding carboxylic acids is 1. The molecule has 0 aliphatic carbocycles. The number of nitrogens with zero attached hydrogens (tertiary/aromatic N) is 1. The van der Waals surface area contributed by atoms with Crippen LogP contribution in [0.3, 0.4) is 0 Å². The Hall–Kier alpha value is -2.40. The number of hydrogen-bond acceptors (Lipinski definition) is 2. The molecule has 0 unspecified atom stereocenters. The van der Waals surface area contributed by atoms with Gasteiger partial charge in [0.2, 0.25) is 0 Å². The van der Waals surface area contributed by atoms with Crippen molar-refractivity contribution in [1.82, 2.24) is 4.90 Å². The van der Waals surface area contributed by atoms with Crippen molar-refractivity contribution in [3.63, 3.8) is 0 Å². The summed E-state index contributed by atoms with van der Waals surface area (Å²) in [5, 5.41) is 6.87. The topological polar surface area (TPSA) is 44.4 Å². The van der Waals surface area contributed by atoms with Crippen molar-refractivity contribution in [2.75, 3.05) is 23.7 Å². The minimum absolute atomic E-state index is 0.111. The van der Waals surface area contributed by atoms with E-state index in [1.807, 2.05) is 60.4 Å². The summed E-state index contributed by atoms with van der Waals surface area (Å²) in [6.45, 7) is 3.76. The lowest BCUT2D eigenvalue weighted by Crippen LogP contribution is -2.27. The van der Waals surface area contributed by atoms with Crippen LogP contribution in [0.15, 0.2) is 48.5 Å². The highest BCUT2D eigenvalue weighted by molar-refractivity contribution is 7.80. The maximum Gasteiger partial charge on any atom is 0.253 e. The first-order valence-electron chi connectivity index (χ1n) is 8.16. The lowest BCUT2D eigenvalue weighted by Gasteiger charge is -2.16. The van der Waals surface area contributed by atoms with Gasteiger partial charge in [0.15, 0.2) is 5.11 Å². The predicted octanol–water partition coefficient (Wildman–Crippen LogP) is 4.04. The van der Waals surface area contributed by atoms with Gasteiger partial charge in [0.25, 0.3) is 5.91 Å². The number of para-hydroxylation sites is 1. The zero-order valence-corrected chi connectivity index (χ0v) is 14.5. The molecule has 2 aromatic carbocycles. The molecule has 0 bridgehead atoms. The van der Waals surface area contributed by atoms with E-state index in [1.54, 1.807) is 0 Å². The third-order valence-electron chi connectivity index (χ3n) is 4.18. The Morgan fingerprint density at radius 2 is 1.67 bits per heavy atom. The van der Waals surface area contributed by atoms with E-state index in [-0.39, 0.29) is 5.91 Å². The number of carbonyl (C=O) groups is 1. The SMILES string of the molecule is Cc1ccccc1NC(=S)Nc1ccc(C(=O)N2CCCC2)cc1. The number of rotatable bonds is 3. The van der Waals surface area contributed by atoms with Crippen molar-refractivity contribution in [3.05, 3.63) is 59.7 Å². The van der Waals surface area contributed by atoms with Gasteiger partial charge in [-0.2, -0.15) is 0 Å². The second-order valence-corrected chi connectivity index (χ2v) is 6.38. The maximum absolute atomic E-state index is 12.3. The lowest BCUT2D eigenvalue weighted by molar-refractivity contribution is 0.0793. The molecular formula is C19H21N3OS. The zero-order valence-electron chi connectivity index (χ0n) is 13.7. The number of likely N-dealkylation sites (tertiary alicyclic amines) is 1. The van der Waals surface area contributed by atoms with Gasteiger partial charge in [0.05, 0.1) is 0 Å². The molecule has 0 spiro atoms. The fourth-order valence-electron chi connectivity index (χ4n) is 2.80. The number of hydrogen-bond donors (Lipinski definition) is 2. The number of aryl methyl sites for hydroxylation is 1. The highest BCUT2D eigenvalue weighted by Crippen LogP contribution is 2.17. The first-order valence-corrected chi connectivity index (χ1v) is 8.57. The van der Waals surface area contributed by atoms with E-state index in [1.165, 1.54) is 0 Å². The smallest absolute Gasteiger partial charge is 0.253 e. The summed E-state index contributed by atoms with van der Waals surface area (Å²) in [4.78, 5) is 14.2.